The normalized spacial score (nSPS) is 19.5. The van der Waals surface area contributed by atoms with Gasteiger partial charge in [0.1, 0.15) is 17.3 Å². The molecule has 0 amide bonds. The molecule has 1 aromatic carbocycles. The lowest BCUT2D eigenvalue weighted by atomic mass is 10.2. The van der Waals surface area contributed by atoms with Crippen LogP contribution >= 0.6 is 15.9 Å². The number of hydrogen-bond donors (Lipinski definition) is 1. The zero-order chi connectivity index (χ0) is 9.97. The SMILES string of the molecule is NC1=Nc2ccccc2OC1CCBr. The van der Waals surface area contributed by atoms with E-state index in [0.29, 0.717) is 5.84 Å². The number of ether oxygens (including phenoxy) is 1. The molecule has 1 aromatic rings. The van der Waals surface area contributed by atoms with Crippen LogP contribution in [0.4, 0.5) is 5.69 Å². The van der Waals surface area contributed by atoms with Crippen LogP contribution in [0.15, 0.2) is 29.3 Å². The van der Waals surface area contributed by atoms with Crippen LogP contribution < -0.4 is 10.5 Å². The highest BCUT2D eigenvalue weighted by atomic mass is 79.9. The van der Waals surface area contributed by atoms with Crippen LogP contribution in [0.3, 0.4) is 0 Å². The number of rotatable bonds is 2. The number of para-hydroxylation sites is 2. The highest BCUT2D eigenvalue weighted by Gasteiger charge is 2.20. The van der Waals surface area contributed by atoms with Gasteiger partial charge in [-0.15, -0.1) is 0 Å². The van der Waals surface area contributed by atoms with Crippen molar-refractivity contribution in [2.45, 2.75) is 12.5 Å². The Hall–Kier alpha value is -1.03. The van der Waals surface area contributed by atoms with Gasteiger partial charge in [-0.3, -0.25) is 0 Å². The van der Waals surface area contributed by atoms with Crippen molar-refractivity contribution in [3.05, 3.63) is 24.3 Å². The van der Waals surface area contributed by atoms with Crippen LogP contribution in [0, 0.1) is 0 Å². The Bertz CT molecular complexity index is 365. The average Bonchev–Trinajstić information content (AvgIpc) is 2.19. The van der Waals surface area contributed by atoms with Gasteiger partial charge in [-0.25, -0.2) is 4.99 Å². The second-order valence-electron chi connectivity index (χ2n) is 3.09. The molecule has 14 heavy (non-hydrogen) atoms. The number of nitrogens with two attached hydrogens (primary N) is 1. The Morgan fingerprint density at radius 2 is 2.21 bits per heavy atom. The fraction of sp³-hybridized carbons (Fsp3) is 0.300. The minimum absolute atomic E-state index is 0.0933. The molecular formula is C10H11BrN2O. The monoisotopic (exact) mass is 254 g/mol. The summed E-state index contributed by atoms with van der Waals surface area (Å²) in [4.78, 5) is 4.29. The van der Waals surface area contributed by atoms with E-state index in [1.54, 1.807) is 0 Å². The van der Waals surface area contributed by atoms with Gasteiger partial charge in [0.15, 0.2) is 6.10 Å². The van der Waals surface area contributed by atoms with Gasteiger partial charge < -0.3 is 10.5 Å². The number of halogens is 1. The van der Waals surface area contributed by atoms with Crippen molar-refractivity contribution in [3.63, 3.8) is 0 Å². The van der Waals surface area contributed by atoms with Gasteiger partial charge in [0.25, 0.3) is 0 Å². The first kappa shape index (κ1) is 9.52. The van der Waals surface area contributed by atoms with E-state index in [1.807, 2.05) is 24.3 Å². The molecule has 1 unspecified atom stereocenters. The van der Waals surface area contributed by atoms with E-state index in [2.05, 4.69) is 20.9 Å². The quantitative estimate of drug-likeness (QED) is 0.823. The van der Waals surface area contributed by atoms with Crippen molar-refractivity contribution < 1.29 is 4.74 Å². The largest absolute Gasteiger partial charge is 0.480 e. The summed E-state index contributed by atoms with van der Waals surface area (Å²) in [7, 11) is 0. The summed E-state index contributed by atoms with van der Waals surface area (Å²) in [6, 6.07) is 7.66. The smallest absolute Gasteiger partial charge is 0.156 e. The van der Waals surface area contributed by atoms with Crippen LogP contribution in [-0.4, -0.2) is 17.3 Å². The van der Waals surface area contributed by atoms with Gasteiger partial charge in [0.05, 0.1) is 0 Å². The number of amidine groups is 1. The molecule has 74 valence electrons. The Morgan fingerprint density at radius 3 is 3.00 bits per heavy atom. The third kappa shape index (κ3) is 1.75. The third-order valence-electron chi connectivity index (χ3n) is 2.09. The van der Waals surface area contributed by atoms with E-state index in [4.69, 9.17) is 10.5 Å². The van der Waals surface area contributed by atoms with E-state index in [1.165, 1.54) is 0 Å². The molecule has 0 aromatic heterocycles. The van der Waals surface area contributed by atoms with Crippen LogP contribution in [0.2, 0.25) is 0 Å². The molecule has 1 aliphatic rings. The van der Waals surface area contributed by atoms with Crippen molar-refractivity contribution in [1.82, 2.24) is 0 Å². The Kier molecular flexibility index (Phi) is 2.72. The average molecular weight is 255 g/mol. The molecule has 0 saturated carbocycles. The Labute approximate surface area is 91.1 Å². The van der Waals surface area contributed by atoms with Crippen LogP contribution in [0.5, 0.6) is 5.75 Å². The highest BCUT2D eigenvalue weighted by Crippen LogP contribution is 2.31. The van der Waals surface area contributed by atoms with Gasteiger partial charge in [-0.1, -0.05) is 28.1 Å². The molecule has 2 N–H and O–H groups in total. The molecule has 3 nitrogen and oxygen atoms in total. The Morgan fingerprint density at radius 1 is 1.43 bits per heavy atom. The van der Waals surface area contributed by atoms with Crippen molar-refractivity contribution in [2.24, 2.45) is 10.7 Å². The molecule has 0 spiro atoms. The lowest BCUT2D eigenvalue weighted by Gasteiger charge is -2.23. The first-order valence-electron chi connectivity index (χ1n) is 4.47. The lowest BCUT2D eigenvalue weighted by Crippen LogP contribution is -2.36. The molecule has 0 saturated heterocycles. The van der Waals surface area contributed by atoms with Gasteiger partial charge in [-0.05, 0) is 12.1 Å². The highest BCUT2D eigenvalue weighted by molar-refractivity contribution is 9.09. The maximum atomic E-state index is 5.78. The Balaban J connectivity index is 2.29. The van der Waals surface area contributed by atoms with E-state index in [0.717, 1.165) is 23.2 Å². The summed E-state index contributed by atoms with van der Waals surface area (Å²) in [6.45, 7) is 0. The summed E-state index contributed by atoms with van der Waals surface area (Å²) >= 11 is 3.36. The van der Waals surface area contributed by atoms with Crippen LogP contribution in [0.25, 0.3) is 0 Å². The number of nitrogens with zero attached hydrogens (tertiary/aromatic N) is 1. The number of hydrogen-bond acceptors (Lipinski definition) is 3. The maximum Gasteiger partial charge on any atom is 0.156 e. The van der Waals surface area contributed by atoms with Gasteiger partial charge in [-0.2, -0.15) is 0 Å². The molecule has 2 rings (SSSR count). The van der Waals surface area contributed by atoms with Crippen LogP contribution in [0.1, 0.15) is 6.42 Å². The second-order valence-corrected chi connectivity index (χ2v) is 3.88. The zero-order valence-corrected chi connectivity index (χ0v) is 9.20. The molecule has 0 radical (unpaired) electrons. The van der Waals surface area contributed by atoms with E-state index in [9.17, 15) is 0 Å². The summed E-state index contributed by atoms with van der Waals surface area (Å²) < 4.78 is 5.70. The molecule has 1 heterocycles. The third-order valence-corrected chi connectivity index (χ3v) is 2.54. The standard InChI is InChI=1S/C10H11BrN2O/c11-6-5-9-10(12)13-7-3-1-2-4-8(7)14-9/h1-4,9H,5-6H2,(H2,12,13). The molecule has 0 aliphatic carbocycles. The minimum atomic E-state index is -0.0933. The fourth-order valence-corrected chi connectivity index (χ4v) is 1.80. The number of alkyl halides is 1. The minimum Gasteiger partial charge on any atom is -0.480 e. The molecular weight excluding hydrogens is 244 g/mol. The van der Waals surface area contributed by atoms with Crippen LogP contribution in [-0.2, 0) is 0 Å². The van der Waals surface area contributed by atoms with Crippen molar-refractivity contribution >= 4 is 27.5 Å². The molecule has 1 atom stereocenters. The summed E-state index contributed by atoms with van der Waals surface area (Å²) in [5.41, 5.74) is 6.60. The molecule has 1 aliphatic heterocycles. The topological polar surface area (TPSA) is 47.6 Å². The number of fused-ring (bicyclic) bond motifs is 1. The van der Waals surface area contributed by atoms with Gasteiger partial charge in [0, 0.05) is 11.8 Å². The second kappa shape index (κ2) is 4.00. The first-order chi connectivity index (χ1) is 6.81. The predicted octanol–water partition coefficient (Wildman–Crippen LogP) is 2.22. The lowest BCUT2D eigenvalue weighted by molar-refractivity contribution is 0.259. The van der Waals surface area contributed by atoms with Crippen molar-refractivity contribution in [3.8, 4) is 5.75 Å². The number of aliphatic imine (C=N–C) groups is 1. The summed E-state index contributed by atoms with van der Waals surface area (Å²) in [6.07, 6.45) is 0.744. The fourth-order valence-electron chi connectivity index (χ4n) is 1.38. The maximum absolute atomic E-state index is 5.78. The first-order valence-corrected chi connectivity index (χ1v) is 5.59. The number of benzene rings is 1. The molecule has 0 bridgehead atoms. The van der Waals surface area contributed by atoms with Gasteiger partial charge >= 0.3 is 0 Å². The van der Waals surface area contributed by atoms with E-state index in [-0.39, 0.29) is 6.10 Å². The summed E-state index contributed by atoms with van der Waals surface area (Å²) in [5.74, 6) is 1.37. The van der Waals surface area contributed by atoms with Crippen molar-refractivity contribution in [2.75, 3.05) is 5.33 Å². The molecule has 0 fully saturated rings. The predicted molar refractivity (Wildman–Crippen MR) is 60.6 cm³/mol. The zero-order valence-electron chi connectivity index (χ0n) is 7.61. The van der Waals surface area contributed by atoms with E-state index >= 15 is 0 Å². The van der Waals surface area contributed by atoms with Crippen molar-refractivity contribution in [1.29, 1.82) is 0 Å². The van der Waals surface area contributed by atoms with E-state index < -0.39 is 0 Å². The summed E-state index contributed by atoms with van der Waals surface area (Å²) in [5, 5.41) is 0.857. The van der Waals surface area contributed by atoms with Gasteiger partial charge in [0.2, 0.25) is 0 Å². The molecule has 4 heteroatoms.